The van der Waals surface area contributed by atoms with Crippen LogP contribution in [0.2, 0.25) is 0 Å². The lowest BCUT2D eigenvalue weighted by atomic mass is 10.0. The van der Waals surface area contributed by atoms with Crippen LogP contribution in [0.25, 0.3) is 0 Å². The van der Waals surface area contributed by atoms with Gasteiger partial charge in [-0.1, -0.05) is 30.8 Å². The summed E-state index contributed by atoms with van der Waals surface area (Å²) in [6.07, 6.45) is 0.0638. The summed E-state index contributed by atoms with van der Waals surface area (Å²) >= 11 is 0. The molecule has 2 rings (SSSR count). The van der Waals surface area contributed by atoms with Crippen LogP contribution in [0.15, 0.2) is 36.4 Å². The molecule has 90 valence electrons. The molecule has 0 amide bonds. The molecule has 0 radical (unpaired) electrons. The fourth-order valence-electron chi connectivity index (χ4n) is 1.67. The molecule has 1 heterocycles. The minimum atomic E-state index is -0.962. The van der Waals surface area contributed by atoms with Crippen LogP contribution in [-0.4, -0.2) is 24.3 Å². The van der Waals surface area contributed by atoms with Crippen molar-refractivity contribution in [3.63, 3.8) is 0 Å². The predicted molar refractivity (Wildman–Crippen MR) is 61.6 cm³/mol. The van der Waals surface area contributed by atoms with Gasteiger partial charge >= 0.3 is 5.97 Å². The Bertz CT molecular complexity index is 416. The Hall–Kier alpha value is -1.65. The topological polar surface area (TPSA) is 55.8 Å². The van der Waals surface area contributed by atoms with Crippen molar-refractivity contribution >= 4 is 5.97 Å². The maximum absolute atomic E-state index is 10.6. The fourth-order valence-corrected chi connectivity index (χ4v) is 1.67. The van der Waals surface area contributed by atoms with Gasteiger partial charge in [0, 0.05) is 17.6 Å². The third-order valence-electron chi connectivity index (χ3n) is 2.59. The number of rotatable bonds is 4. The van der Waals surface area contributed by atoms with Crippen LogP contribution in [0.4, 0.5) is 0 Å². The number of carboxylic acid groups (broad SMARTS) is 1. The largest absolute Gasteiger partial charge is 0.478 e. The van der Waals surface area contributed by atoms with E-state index in [1.807, 2.05) is 24.3 Å². The smallest absolute Gasteiger partial charge is 0.331 e. The third kappa shape index (κ3) is 2.93. The summed E-state index contributed by atoms with van der Waals surface area (Å²) in [7, 11) is 0. The Kier molecular flexibility index (Phi) is 3.56. The minimum absolute atomic E-state index is 0.186. The summed E-state index contributed by atoms with van der Waals surface area (Å²) in [5, 5.41) is 8.73. The average molecular weight is 234 g/mol. The number of hydrogen-bond acceptors (Lipinski definition) is 3. The molecule has 1 aliphatic heterocycles. The number of ether oxygens (including phenoxy) is 2. The maximum atomic E-state index is 10.6. The van der Waals surface area contributed by atoms with Gasteiger partial charge in [0.25, 0.3) is 0 Å². The Morgan fingerprint density at radius 3 is 2.41 bits per heavy atom. The molecular formula is C13H14O4. The Morgan fingerprint density at radius 2 is 1.88 bits per heavy atom. The molecule has 17 heavy (non-hydrogen) atoms. The normalized spacial score (nSPS) is 16.0. The second kappa shape index (κ2) is 5.12. The van der Waals surface area contributed by atoms with Gasteiger partial charge in [-0.2, -0.15) is 0 Å². The Balaban J connectivity index is 2.02. The summed E-state index contributed by atoms with van der Waals surface area (Å²) in [5.41, 5.74) is 2.05. The molecule has 1 saturated heterocycles. The number of aliphatic carboxylic acids is 1. The highest BCUT2D eigenvalue weighted by molar-refractivity contribution is 5.86. The molecule has 1 N–H and O–H groups in total. The first-order valence-electron chi connectivity index (χ1n) is 5.40. The molecule has 4 nitrogen and oxygen atoms in total. The molecule has 4 heteroatoms. The van der Waals surface area contributed by atoms with Crippen LogP contribution < -0.4 is 0 Å². The van der Waals surface area contributed by atoms with E-state index in [0.717, 1.165) is 11.1 Å². The SMILES string of the molecule is C=C(Cc1ccc(C2OCCO2)cc1)C(=O)O. The fraction of sp³-hybridized carbons (Fsp3) is 0.308. The highest BCUT2D eigenvalue weighted by Gasteiger charge is 2.17. The van der Waals surface area contributed by atoms with Crippen LogP contribution in [0.1, 0.15) is 17.4 Å². The monoisotopic (exact) mass is 234 g/mol. The molecule has 1 aromatic rings. The zero-order chi connectivity index (χ0) is 12.3. The van der Waals surface area contributed by atoms with Crippen LogP contribution >= 0.6 is 0 Å². The molecule has 0 atom stereocenters. The van der Waals surface area contributed by atoms with Gasteiger partial charge in [0.15, 0.2) is 6.29 Å². The van der Waals surface area contributed by atoms with Crippen molar-refractivity contribution in [1.29, 1.82) is 0 Å². The van der Waals surface area contributed by atoms with E-state index >= 15 is 0 Å². The summed E-state index contributed by atoms with van der Waals surface area (Å²) in [6, 6.07) is 7.52. The van der Waals surface area contributed by atoms with Gasteiger partial charge in [0.05, 0.1) is 13.2 Å². The van der Waals surface area contributed by atoms with E-state index in [9.17, 15) is 4.79 Å². The van der Waals surface area contributed by atoms with E-state index in [2.05, 4.69) is 6.58 Å². The number of carboxylic acids is 1. The van der Waals surface area contributed by atoms with Crippen molar-refractivity contribution in [2.24, 2.45) is 0 Å². The zero-order valence-corrected chi connectivity index (χ0v) is 9.39. The summed E-state index contributed by atoms with van der Waals surface area (Å²) in [4.78, 5) is 10.6. The molecule has 0 saturated carbocycles. The number of benzene rings is 1. The molecule has 0 unspecified atom stereocenters. The lowest BCUT2D eigenvalue weighted by Crippen LogP contribution is -2.03. The summed E-state index contributed by atoms with van der Waals surface area (Å²) in [5.74, 6) is -0.962. The van der Waals surface area contributed by atoms with Crippen molar-refractivity contribution in [3.05, 3.63) is 47.5 Å². The van der Waals surface area contributed by atoms with Crippen LogP contribution in [0, 0.1) is 0 Å². The molecule has 0 spiro atoms. The molecule has 0 aromatic heterocycles. The van der Waals surface area contributed by atoms with Crippen molar-refractivity contribution in [2.45, 2.75) is 12.7 Å². The maximum Gasteiger partial charge on any atom is 0.331 e. The van der Waals surface area contributed by atoms with Gasteiger partial charge in [0.1, 0.15) is 0 Å². The third-order valence-corrected chi connectivity index (χ3v) is 2.59. The molecule has 1 aromatic carbocycles. The van der Waals surface area contributed by atoms with E-state index in [-0.39, 0.29) is 11.9 Å². The number of hydrogen-bond donors (Lipinski definition) is 1. The lowest BCUT2D eigenvalue weighted by Gasteiger charge is -2.09. The lowest BCUT2D eigenvalue weighted by molar-refractivity contribution is -0.132. The standard InChI is InChI=1S/C13H14O4/c1-9(12(14)15)8-10-2-4-11(5-3-10)13-16-6-7-17-13/h2-5,13H,1,6-8H2,(H,14,15). The van der Waals surface area contributed by atoms with Gasteiger partial charge in [-0.3, -0.25) is 0 Å². The molecule has 0 bridgehead atoms. The highest BCUT2D eigenvalue weighted by Crippen LogP contribution is 2.23. The summed E-state index contributed by atoms with van der Waals surface area (Å²) < 4.78 is 10.7. The first-order valence-corrected chi connectivity index (χ1v) is 5.40. The van der Waals surface area contributed by atoms with Crippen LogP contribution in [0.5, 0.6) is 0 Å². The van der Waals surface area contributed by atoms with Crippen molar-refractivity contribution < 1.29 is 19.4 Å². The quantitative estimate of drug-likeness (QED) is 0.808. The van der Waals surface area contributed by atoms with E-state index < -0.39 is 5.97 Å². The Labute approximate surface area is 99.5 Å². The van der Waals surface area contributed by atoms with E-state index in [4.69, 9.17) is 14.6 Å². The van der Waals surface area contributed by atoms with Gasteiger partial charge in [-0.25, -0.2) is 4.79 Å². The van der Waals surface area contributed by atoms with Gasteiger partial charge in [-0.15, -0.1) is 0 Å². The van der Waals surface area contributed by atoms with Gasteiger partial charge in [0.2, 0.25) is 0 Å². The van der Waals surface area contributed by atoms with Crippen molar-refractivity contribution in [3.8, 4) is 0 Å². The van der Waals surface area contributed by atoms with Crippen molar-refractivity contribution in [1.82, 2.24) is 0 Å². The second-order valence-corrected chi connectivity index (χ2v) is 3.90. The van der Waals surface area contributed by atoms with E-state index in [1.54, 1.807) is 0 Å². The molecule has 1 aliphatic rings. The minimum Gasteiger partial charge on any atom is -0.478 e. The average Bonchev–Trinajstić information content (AvgIpc) is 2.83. The molecule has 0 aliphatic carbocycles. The summed E-state index contributed by atoms with van der Waals surface area (Å²) in [6.45, 7) is 4.73. The second-order valence-electron chi connectivity index (χ2n) is 3.90. The van der Waals surface area contributed by atoms with Gasteiger partial charge in [-0.05, 0) is 5.56 Å². The van der Waals surface area contributed by atoms with Crippen LogP contribution in [-0.2, 0) is 20.7 Å². The van der Waals surface area contributed by atoms with Gasteiger partial charge < -0.3 is 14.6 Å². The van der Waals surface area contributed by atoms with E-state index in [0.29, 0.717) is 19.6 Å². The first-order chi connectivity index (χ1) is 8.16. The van der Waals surface area contributed by atoms with Crippen LogP contribution in [0.3, 0.4) is 0 Å². The zero-order valence-electron chi connectivity index (χ0n) is 9.39. The van der Waals surface area contributed by atoms with Crippen molar-refractivity contribution in [2.75, 3.05) is 13.2 Å². The predicted octanol–water partition coefficient (Wildman–Crippen LogP) is 1.92. The Morgan fingerprint density at radius 1 is 1.29 bits per heavy atom. The highest BCUT2D eigenvalue weighted by atomic mass is 16.7. The first kappa shape index (κ1) is 11.8. The molecular weight excluding hydrogens is 220 g/mol. The molecule has 1 fully saturated rings. The number of carbonyl (C=O) groups is 1. The van der Waals surface area contributed by atoms with E-state index in [1.165, 1.54) is 0 Å².